The van der Waals surface area contributed by atoms with Gasteiger partial charge in [0.15, 0.2) is 5.69 Å². The van der Waals surface area contributed by atoms with Crippen LogP contribution in [0.1, 0.15) is 20.8 Å². The number of nitrogens with zero attached hydrogens (tertiary/aromatic N) is 2. The molecule has 0 bridgehead atoms. The van der Waals surface area contributed by atoms with Crippen molar-refractivity contribution < 1.29 is 0 Å². The predicted molar refractivity (Wildman–Crippen MR) is 62.9 cm³/mol. The van der Waals surface area contributed by atoms with Crippen LogP contribution in [0, 0.1) is 0 Å². The van der Waals surface area contributed by atoms with Crippen molar-refractivity contribution in [1.29, 1.82) is 0 Å². The first-order chi connectivity index (χ1) is 7.54. The highest BCUT2D eigenvalue weighted by atomic mass is 16.2. The van der Waals surface area contributed by atoms with E-state index in [1.54, 1.807) is 0 Å². The van der Waals surface area contributed by atoms with E-state index >= 15 is 0 Å². The van der Waals surface area contributed by atoms with E-state index < -0.39 is 11.2 Å². The van der Waals surface area contributed by atoms with E-state index in [2.05, 4.69) is 15.0 Å². The van der Waals surface area contributed by atoms with Gasteiger partial charge in [0.2, 0.25) is 0 Å². The maximum absolute atomic E-state index is 11.6. The summed E-state index contributed by atoms with van der Waals surface area (Å²) in [7, 11) is 0. The zero-order valence-corrected chi connectivity index (χ0v) is 9.50. The number of rotatable bonds is 1. The van der Waals surface area contributed by atoms with Crippen molar-refractivity contribution in [2.45, 2.75) is 26.8 Å². The second-order valence-electron chi connectivity index (χ2n) is 3.82. The van der Waals surface area contributed by atoms with E-state index in [0.29, 0.717) is 12.4 Å². The zero-order chi connectivity index (χ0) is 11.9. The average Bonchev–Trinajstić information content (AvgIpc) is 2.22. The van der Waals surface area contributed by atoms with Gasteiger partial charge in [-0.3, -0.25) is 14.8 Å². The average molecular weight is 222 g/mol. The van der Waals surface area contributed by atoms with Crippen molar-refractivity contribution in [3.8, 4) is 0 Å². The topological polar surface area (TPSA) is 81.3 Å². The molecule has 1 aromatic heterocycles. The molecule has 0 aliphatic carbocycles. The molecule has 16 heavy (non-hydrogen) atoms. The number of aromatic amines is 2. The number of anilines is 1. The molecule has 86 valence electrons. The van der Waals surface area contributed by atoms with Crippen LogP contribution >= 0.6 is 0 Å². The molecule has 0 aromatic carbocycles. The third-order valence-corrected chi connectivity index (χ3v) is 2.89. The Labute approximate surface area is 92.0 Å². The summed E-state index contributed by atoms with van der Waals surface area (Å²) in [6.07, 6.45) is 0. The number of H-pyrrole nitrogens is 2. The van der Waals surface area contributed by atoms with Gasteiger partial charge >= 0.3 is 5.69 Å². The molecule has 0 fully saturated rings. The monoisotopic (exact) mass is 222 g/mol. The fraction of sp³-hybridized carbons (Fsp3) is 0.500. The first kappa shape index (κ1) is 10.7. The highest BCUT2D eigenvalue weighted by molar-refractivity contribution is 5.95. The molecule has 0 spiro atoms. The van der Waals surface area contributed by atoms with Gasteiger partial charge in [0.1, 0.15) is 5.82 Å². The Morgan fingerprint density at radius 1 is 1.38 bits per heavy atom. The lowest BCUT2D eigenvalue weighted by atomic mass is 10.1. The van der Waals surface area contributed by atoms with Crippen LogP contribution in [0.25, 0.3) is 0 Å². The minimum absolute atomic E-state index is 0.0925. The molecule has 0 saturated carbocycles. The third kappa shape index (κ3) is 1.46. The molecule has 6 nitrogen and oxygen atoms in total. The summed E-state index contributed by atoms with van der Waals surface area (Å²) in [4.78, 5) is 33.8. The molecule has 2 heterocycles. The molecule has 2 rings (SSSR count). The van der Waals surface area contributed by atoms with E-state index in [4.69, 9.17) is 0 Å². The summed E-state index contributed by atoms with van der Waals surface area (Å²) in [5.74, 6) is 0.509. The highest BCUT2D eigenvalue weighted by Gasteiger charge is 2.25. The van der Waals surface area contributed by atoms with E-state index in [9.17, 15) is 9.59 Å². The van der Waals surface area contributed by atoms with Crippen LogP contribution < -0.4 is 16.1 Å². The number of aromatic nitrogens is 2. The van der Waals surface area contributed by atoms with Gasteiger partial charge in [0.05, 0.1) is 6.04 Å². The molecular weight excluding hydrogens is 208 g/mol. The van der Waals surface area contributed by atoms with Crippen LogP contribution in [0.2, 0.25) is 0 Å². The van der Waals surface area contributed by atoms with Crippen molar-refractivity contribution >= 4 is 17.2 Å². The normalized spacial score (nSPS) is 19.3. The summed E-state index contributed by atoms with van der Waals surface area (Å²) < 4.78 is 0. The van der Waals surface area contributed by atoms with Crippen LogP contribution in [0.3, 0.4) is 0 Å². The molecule has 0 saturated heterocycles. The Hall–Kier alpha value is -1.85. The molecule has 6 heteroatoms. The second kappa shape index (κ2) is 3.62. The molecule has 0 amide bonds. The van der Waals surface area contributed by atoms with Gasteiger partial charge in [0, 0.05) is 12.3 Å². The summed E-state index contributed by atoms with van der Waals surface area (Å²) in [6, 6.07) is 0.0925. The molecule has 0 radical (unpaired) electrons. The van der Waals surface area contributed by atoms with E-state index in [0.717, 1.165) is 5.71 Å². The maximum atomic E-state index is 11.6. The van der Waals surface area contributed by atoms with Gasteiger partial charge in [-0.15, -0.1) is 0 Å². The lowest BCUT2D eigenvalue weighted by Gasteiger charge is -2.33. The largest absolute Gasteiger partial charge is 0.348 e. The molecule has 2 N–H and O–H groups in total. The minimum Gasteiger partial charge on any atom is -0.348 e. The number of fused-ring (bicyclic) bond motifs is 1. The number of aliphatic imine (C=N–C) groups is 1. The number of nitrogens with one attached hydrogen (secondary N) is 2. The Morgan fingerprint density at radius 3 is 2.69 bits per heavy atom. The minimum atomic E-state index is -0.496. The van der Waals surface area contributed by atoms with Crippen molar-refractivity contribution in [2.75, 3.05) is 11.4 Å². The number of hydrogen-bond donors (Lipinski definition) is 2. The SMILES string of the molecule is CCN1c2[nH]c(=O)[nH]c(=O)c2N=C(C)C1C. The van der Waals surface area contributed by atoms with Crippen LogP contribution in [0.15, 0.2) is 14.6 Å². The van der Waals surface area contributed by atoms with Crippen molar-refractivity contribution in [1.82, 2.24) is 9.97 Å². The van der Waals surface area contributed by atoms with E-state index in [1.165, 1.54) is 0 Å². The molecule has 1 atom stereocenters. The summed E-state index contributed by atoms with van der Waals surface area (Å²) in [6.45, 7) is 6.55. The Morgan fingerprint density at radius 2 is 2.06 bits per heavy atom. The summed E-state index contributed by atoms with van der Waals surface area (Å²) >= 11 is 0. The van der Waals surface area contributed by atoms with Crippen molar-refractivity contribution in [3.63, 3.8) is 0 Å². The second-order valence-corrected chi connectivity index (χ2v) is 3.82. The number of hydrogen-bond acceptors (Lipinski definition) is 4. The molecule has 1 unspecified atom stereocenters. The quantitative estimate of drug-likeness (QED) is 0.721. The Kier molecular flexibility index (Phi) is 2.41. The predicted octanol–water partition coefficient (Wildman–Crippen LogP) is 0.384. The molecule has 1 aliphatic heterocycles. The van der Waals surface area contributed by atoms with Crippen molar-refractivity contribution in [2.24, 2.45) is 4.99 Å². The fourth-order valence-electron chi connectivity index (χ4n) is 1.90. The summed E-state index contributed by atoms with van der Waals surface area (Å²) in [5, 5.41) is 0. The van der Waals surface area contributed by atoms with Crippen molar-refractivity contribution in [3.05, 3.63) is 20.8 Å². The Balaban J connectivity index is 2.75. The molecular formula is C10H14N4O2. The zero-order valence-electron chi connectivity index (χ0n) is 9.50. The van der Waals surface area contributed by atoms with Gasteiger partial charge in [0.25, 0.3) is 5.56 Å². The molecule has 1 aromatic rings. The van der Waals surface area contributed by atoms with Gasteiger partial charge in [-0.05, 0) is 20.8 Å². The van der Waals surface area contributed by atoms with Crippen LogP contribution in [-0.4, -0.2) is 28.3 Å². The van der Waals surface area contributed by atoms with E-state index in [1.807, 2.05) is 25.7 Å². The smallest absolute Gasteiger partial charge is 0.327 e. The summed E-state index contributed by atoms with van der Waals surface area (Å²) in [5.41, 5.74) is 0.219. The lowest BCUT2D eigenvalue weighted by molar-refractivity contribution is 0.750. The third-order valence-electron chi connectivity index (χ3n) is 2.89. The first-order valence-electron chi connectivity index (χ1n) is 5.23. The van der Waals surface area contributed by atoms with Gasteiger partial charge in [-0.25, -0.2) is 9.79 Å². The highest BCUT2D eigenvalue weighted by Crippen LogP contribution is 2.27. The standard InChI is InChI=1S/C10H14N4O2/c1-4-14-6(3)5(2)11-7-8(14)12-10(16)13-9(7)15/h6H,4H2,1-3H3,(H2,12,13,15,16). The van der Waals surface area contributed by atoms with Crippen LogP contribution in [0.4, 0.5) is 11.5 Å². The lowest BCUT2D eigenvalue weighted by Crippen LogP contribution is -2.43. The van der Waals surface area contributed by atoms with Crippen LogP contribution in [0.5, 0.6) is 0 Å². The van der Waals surface area contributed by atoms with Crippen LogP contribution in [-0.2, 0) is 0 Å². The fourth-order valence-corrected chi connectivity index (χ4v) is 1.90. The van der Waals surface area contributed by atoms with Gasteiger partial charge < -0.3 is 4.90 Å². The Bertz CT molecular complexity index is 555. The maximum Gasteiger partial charge on any atom is 0.327 e. The van der Waals surface area contributed by atoms with E-state index in [-0.39, 0.29) is 11.7 Å². The van der Waals surface area contributed by atoms with Gasteiger partial charge in [-0.1, -0.05) is 0 Å². The molecule has 1 aliphatic rings. The van der Waals surface area contributed by atoms with Gasteiger partial charge in [-0.2, -0.15) is 0 Å². The first-order valence-corrected chi connectivity index (χ1v) is 5.23.